The maximum absolute atomic E-state index is 12.7. The number of fused-ring (bicyclic) bond motifs is 1. The minimum Gasteiger partial charge on any atom is -0.323 e. The molecule has 0 radical (unpaired) electrons. The first-order chi connectivity index (χ1) is 9.97. The summed E-state index contributed by atoms with van der Waals surface area (Å²) in [6.45, 7) is 4.63. The van der Waals surface area contributed by atoms with Crippen molar-refractivity contribution in [2.24, 2.45) is 0 Å². The van der Waals surface area contributed by atoms with Gasteiger partial charge in [0.2, 0.25) is 0 Å². The van der Waals surface area contributed by atoms with Gasteiger partial charge in [-0.3, -0.25) is 9.36 Å². The van der Waals surface area contributed by atoms with Gasteiger partial charge in [-0.2, -0.15) is 0 Å². The summed E-state index contributed by atoms with van der Waals surface area (Å²) in [6, 6.07) is 4.10. The first kappa shape index (κ1) is 15.1. The first-order valence-corrected chi connectivity index (χ1v) is 9.28. The summed E-state index contributed by atoms with van der Waals surface area (Å²) in [5.41, 5.74) is 1.07. The quantitative estimate of drug-likeness (QED) is 0.640. The minimum atomic E-state index is 0.0196. The van der Waals surface area contributed by atoms with Gasteiger partial charge in [-0.05, 0) is 66.1 Å². The van der Waals surface area contributed by atoms with Crippen LogP contribution in [0.2, 0.25) is 0 Å². The molecule has 3 rings (SSSR count). The highest BCUT2D eigenvalue weighted by atomic mass is 79.9. The van der Waals surface area contributed by atoms with E-state index in [2.05, 4.69) is 27.0 Å². The molecular formula is C14H13BrN2OS3. The van der Waals surface area contributed by atoms with Crippen LogP contribution in [0, 0.1) is 18.6 Å². The number of aromatic nitrogens is 2. The molecule has 7 heteroatoms. The molecule has 3 heterocycles. The summed E-state index contributed by atoms with van der Waals surface area (Å²) in [6.07, 6.45) is 0.807. The molecule has 0 saturated carbocycles. The van der Waals surface area contributed by atoms with Crippen LogP contribution in [0.1, 0.15) is 15.3 Å². The van der Waals surface area contributed by atoms with Crippen molar-refractivity contribution in [2.75, 3.05) is 0 Å². The number of nitrogens with zero attached hydrogens (tertiary/aromatic N) is 1. The molecule has 0 spiro atoms. The van der Waals surface area contributed by atoms with E-state index in [-0.39, 0.29) is 5.56 Å². The largest absolute Gasteiger partial charge is 0.323 e. The van der Waals surface area contributed by atoms with Crippen molar-refractivity contribution in [3.63, 3.8) is 0 Å². The standard InChI is InChI=1S/C14H13BrN2OS3/c1-7-8(2)20-12-11(7)13(18)17(14(19)16-12)6-5-9-3-4-10(15)21-9/h3-4H,5-6H2,1-2H3,(H,16,19). The van der Waals surface area contributed by atoms with Gasteiger partial charge >= 0.3 is 0 Å². The first-order valence-electron chi connectivity index (χ1n) is 6.44. The summed E-state index contributed by atoms with van der Waals surface area (Å²) in [5.74, 6) is 0. The van der Waals surface area contributed by atoms with E-state index in [1.165, 1.54) is 4.88 Å². The van der Waals surface area contributed by atoms with Crippen LogP contribution in [0.25, 0.3) is 10.2 Å². The van der Waals surface area contributed by atoms with E-state index >= 15 is 0 Å². The number of thiophene rings is 2. The van der Waals surface area contributed by atoms with Gasteiger partial charge in [0.15, 0.2) is 4.77 Å². The zero-order valence-electron chi connectivity index (χ0n) is 11.5. The van der Waals surface area contributed by atoms with Crippen LogP contribution in [0.5, 0.6) is 0 Å². The van der Waals surface area contributed by atoms with E-state index in [1.807, 2.05) is 19.9 Å². The van der Waals surface area contributed by atoms with Gasteiger partial charge in [-0.15, -0.1) is 22.7 Å². The SMILES string of the molecule is Cc1sc2[nH]c(=S)n(CCc3ccc(Br)s3)c(=O)c2c1C. The Morgan fingerprint density at radius 1 is 1.33 bits per heavy atom. The molecule has 0 aliphatic rings. The molecule has 0 atom stereocenters. The number of H-pyrrole nitrogens is 1. The number of hydrogen-bond donors (Lipinski definition) is 1. The molecule has 0 fully saturated rings. The second-order valence-electron chi connectivity index (χ2n) is 4.83. The van der Waals surface area contributed by atoms with Crippen LogP contribution in [-0.2, 0) is 13.0 Å². The van der Waals surface area contributed by atoms with Gasteiger partial charge in [0.25, 0.3) is 5.56 Å². The third kappa shape index (κ3) is 2.79. The van der Waals surface area contributed by atoms with Crippen molar-refractivity contribution in [3.05, 3.63) is 46.4 Å². The molecule has 3 aromatic heterocycles. The normalized spacial score (nSPS) is 11.4. The van der Waals surface area contributed by atoms with E-state index in [1.54, 1.807) is 27.2 Å². The Bertz CT molecular complexity index is 932. The van der Waals surface area contributed by atoms with Gasteiger partial charge in [0.1, 0.15) is 4.83 Å². The molecule has 110 valence electrons. The van der Waals surface area contributed by atoms with Gasteiger partial charge < -0.3 is 4.98 Å². The lowest BCUT2D eigenvalue weighted by molar-refractivity contribution is 0.657. The van der Waals surface area contributed by atoms with E-state index in [0.29, 0.717) is 11.3 Å². The van der Waals surface area contributed by atoms with Crippen molar-refractivity contribution in [1.82, 2.24) is 9.55 Å². The lowest BCUT2D eigenvalue weighted by atomic mass is 10.2. The molecule has 0 saturated heterocycles. The van der Waals surface area contributed by atoms with Crippen molar-refractivity contribution in [3.8, 4) is 0 Å². The third-order valence-electron chi connectivity index (χ3n) is 3.52. The average molecular weight is 401 g/mol. The molecule has 0 amide bonds. The lowest BCUT2D eigenvalue weighted by Crippen LogP contribution is -2.23. The van der Waals surface area contributed by atoms with Gasteiger partial charge in [0.05, 0.1) is 9.17 Å². The fourth-order valence-electron chi connectivity index (χ4n) is 2.28. The van der Waals surface area contributed by atoms with Crippen molar-refractivity contribution < 1.29 is 0 Å². The average Bonchev–Trinajstić information content (AvgIpc) is 2.94. The third-order valence-corrected chi connectivity index (χ3v) is 6.65. The zero-order chi connectivity index (χ0) is 15.1. The molecule has 1 N–H and O–H groups in total. The summed E-state index contributed by atoms with van der Waals surface area (Å²) in [5, 5.41) is 0.776. The maximum atomic E-state index is 12.7. The Balaban J connectivity index is 2.04. The molecule has 21 heavy (non-hydrogen) atoms. The van der Waals surface area contributed by atoms with Gasteiger partial charge in [-0.25, -0.2) is 0 Å². The van der Waals surface area contributed by atoms with Crippen LogP contribution in [0.3, 0.4) is 0 Å². The number of nitrogens with one attached hydrogen (secondary N) is 1. The molecule has 3 nitrogen and oxygen atoms in total. The number of halogens is 1. The molecule has 0 aliphatic carbocycles. The number of rotatable bonds is 3. The lowest BCUT2D eigenvalue weighted by Gasteiger charge is -2.05. The Hall–Kier alpha value is -0.760. The Morgan fingerprint density at radius 2 is 2.10 bits per heavy atom. The Morgan fingerprint density at radius 3 is 2.76 bits per heavy atom. The van der Waals surface area contributed by atoms with E-state index < -0.39 is 0 Å². The summed E-state index contributed by atoms with van der Waals surface area (Å²) in [7, 11) is 0. The molecule has 0 aromatic carbocycles. The predicted molar refractivity (Wildman–Crippen MR) is 96.5 cm³/mol. The van der Waals surface area contributed by atoms with Crippen LogP contribution in [0.4, 0.5) is 0 Å². The molecule has 0 unspecified atom stereocenters. The zero-order valence-corrected chi connectivity index (χ0v) is 15.6. The second kappa shape index (κ2) is 5.79. The van der Waals surface area contributed by atoms with Crippen LogP contribution >= 0.6 is 50.8 Å². The smallest absolute Gasteiger partial charge is 0.263 e. The van der Waals surface area contributed by atoms with E-state index in [4.69, 9.17) is 12.2 Å². The van der Waals surface area contributed by atoms with E-state index in [0.717, 1.165) is 30.9 Å². The molecule has 0 bridgehead atoms. The summed E-state index contributed by atoms with van der Waals surface area (Å²) >= 11 is 12.1. The topological polar surface area (TPSA) is 37.8 Å². The van der Waals surface area contributed by atoms with E-state index in [9.17, 15) is 4.79 Å². The van der Waals surface area contributed by atoms with Gasteiger partial charge in [0, 0.05) is 16.3 Å². The maximum Gasteiger partial charge on any atom is 0.263 e. The van der Waals surface area contributed by atoms with Crippen molar-refractivity contribution >= 4 is 61.0 Å². The highest BCUT2D eigenvalue weighted by Gasteiger charge is 2.12. The second-order valence-corrected chi connectivity index (χ2v) is 8.99. The van der Waals surface area contributed by atoms with Gasteiger partial charge in [-0.1, -0.05) is 0 Å². The number of aromatic amines is 1. The highest BCUT2D eigenvalue weighted by molar-refractivity contribution is 9.11. The number of hydrogen-bond acceptors (Lipinski definition) is 4. The molecule has 3 aromatic rings. The fourth-order valence-corrected chi connectivity index (χ4v) is 5.14. The fraction of sp³-hybridized carbons (Fsp3) is 0.286. The summed E-state index contributed by atoms with van der Waals surface area (Å²) < 4.78 is 3.28. The predicted octanol–water partition coefficient (Wildman–Crippen LogP) is 4.80. The Kier molecular flexibility index (Phi) is 4.18. The minimum absolute atomic E-state index is 0.0196. The van der Waals surface area contributed by atoms with Crippen LogP contribution < -0.4 is 5.56 Å². The van der Waals surface area contributed by atoms with Crippen LogP contribution in [-0.4, -0.2) is 9.55 Å². The van der Waals surface area contributed by atoms with Crippen molar-refractivity contribution in [1.29, 1.82) is 0 Å². The number of aryl methyl sites for hydroxylation is 3. The van der Waals surface area contributed by atoms with Crippen molar-refractivity contribution in [2.45, 2.75) is 26.8 Å². The summed E-state index contributed by atoms with van der Waals surface area (Å²) in [4.78, 5) is 19.2. The van der Waals surface area contributed by atoms with Crippen LogP contribution in [0.15, 0.2) is 20.7 Å². The highest BCUT2D eigenvalue weighted by Crippen LogP contribution is 2.26. The Labute approximate surface area is 143 Å². The molecule has 0 aliphatic heterocycles. The monoisotopic (exact) mass is 400 g/mol. The molecular weight excluding hydrogens is 388 g/mol.